The number of rotatable bonds is 61. The van der Waals surface area contributed by atoms with E-state index in [0.717, 1.165) is 49.2 Å². The molecule has 0 saturated carbocycles. The molecule has 2 aliphatic heterocycles. The molecule has 808 valence electrons. The van der Waals surface area contributed by atoms with Crippen molar-refractivity contribution in [3.8, 4) is 5.75 Å². The number of carbonyl (C=O) groups is 18. The number of aliphatic carboxylic acids is 2. The number of amides is 16. The number of unbranched alkanes of at least 4 members (excludes halogenated alkanes) is 13. The van der Waals surface area contributed by atoms with Crippen LogP contribution in [0.5, 0.6) is 5.75 Å². The first kappa shape index (κ1) is 120. The van der Waals surface area contributed by atoms with Gasteiger partial charge >= 0.3 is 11.9 Å². The number of phenolic OH excluding ortho intramolecular Hbond substituents is 1. The number of ether oxygens (including phenoxy) is 2. The number of para-hydroxylation sites is 1. The fourth-order valence-corrected chi connectivity index (χ4v) is 16.7. The number of carboxylic acids is 2. The van der Waals surface area contributed by atoms with E-state index in [9.17, 15) is 83.1 Å². The number of phenols is 1. The molecule has 7 rings (SSSR count). The predicted octanol–water partition coefficient (Wildman–Crippen LogP) is -3.06. The number of H-pyrrole nitrogens is 2. The zero-order chi connectivity index (χ0) is 107. The maximum Gasteiger partial charge on any atom is 0.317 e. The van der Waals surface area contributed by atoms with E-state index >= 15 is 28.8 Å². The number of nitrogens with one attached hydrogen (secondary N) is 17. The Labute approximate surface area is 850 Å². The number of hydrogen-bond donors (Lipinski definition) is 25. The third-order valence-electron chi connectivity index (χ3n) is 24.6. The lowest BCUT2D eigenvalue weighted by Crippen LogP contribution is -2.62. The van der Waals surface area contributed by atoms with Crippen LogP contribution in [0.2, 0.25) is 0 Å². The van der Waals surface area contributed by atoms with E-state index in [0.29, 0.717) is 39.8 Å². The van der Waals surface area contributed by atoms with Crippen molar-refractivity contribution in [2.75, 3.05) is 85.4 Å². The minimum Gasteiger partial charge on any atom is -0.508 e. The number of fused-ring (bicyclic) bond motifs is 2. The smallest absolute Gasteiger partial charge is 0.317 e. The Morgan fingerprint density at radius 3 is 1.83 bits per heavy atom. The van der Waals surface area contributed by atoms with Crippen LogP contribution >= 0.6 is 0 Å². The van der Waals surface area contributed by atoms with E-state index in [-0.39, 0.29) is 114 Å². The fraction of sp³-hybridized carbons (Fsp3) is 0.588. The quantitative estimate of drug-likeness (QED) is 0.0104. The minimum atomic E-state index is -2.13. The Morgan fingerprint density at radius 2 is 1.18 bits per heavy atom. The minimum absolute atomic E-state index is 0.0162. The largest absolute Gasteiger partial charge is 0.508 e. The average molecular weight is 2060 g/mol. The second-order valence-electron chi connectivity index (χ2n) is 36.5. The number of aromatic nitrogens is 5. The van der Waals surface area contributed by atoms with Gasteiger partial charge in [-0.3, -0.25) is 96.6 Å². The third-order valence-corrected chi connectivity index (χ3v) is 24.6. The Morgan fingerprint density at radius 1 is 0.578 bits per heavy atom. The molecule has 28 N–H and O–H groups in total. The SMILES string of the molecule is CCCC[C@H](NC(=O)[C@H](CN(CC(=O)O)CC(=O)O)NC(=O)[C@H](Cc1ccc(O)cc1)NC(=O)[C@H](CCC(N)=O)NC(=O)[C@H](CO)NC(=O)CNC(=O)COCCOCCNC(=O)CCCCCCCCCCCCCCCc1nnn[nH]1)C(=O)N[C@H]1CCC(=O)NCCCC[C@@H](C(N)=O)NC(=O)[C@H](Cc2c[nH]c3ccccc23)NC(=O)[C@H](CCCNC(=N)N)NC(=O)[C@@H](Cc2ccccc2)NC(=O)[C@@H]2C[C@@H](O)CN2C1=O. The topological polar surface area (TPSA) is 774 Å². The maximum atomic E-state index is 15.5. The molecule has 4 heterocycles. The second kappa shape index (κ2) is 65.9. The van der Waals surface area contributed by atoms with Crippen molar-refractivity contribution < 1.29 is 121 Å². The van der Waals surface area contributed by atoms with E-state index in [1.165, 1.54) is 75.6 Å². The summed E-state index contributed by atoms with van der Waals surface area (Å²) in [5.74, 6) is -18.9. The van der Waals surface area contributed by atoms with Gasteiger partial charge in [0.05, 0.1) is 52.2 Å². The summed E-state index contributed by atoms with van der Waals surface area (Å²) in [5.41, 5.74) is 18.9. The van der Waals surface area contributed by atoms with Crippen molar-refractivity contribution in [2.45, 2.75) is 279 Å². The van der Waals surface area contributed by atoms with Crippen LogP contribution in [-0.4, -0.2) is 331 Å². The third kappa shape index (κ3) is 45.8. The number of aromatic amines is 2. The summed E-state index contributed by atoms with van der Waals surface area (Å²) in [6.45, 7) is -4.17. The number of aliphatic hydroxyl groups excluding tert-OH is 2. The fourth-order valence-electron chi connectivity index (χ4n) is 16.7. The van der Waals surface area contributed by atoms with Crippen LogP contribution in [0.1, 0.15) is 203 Å². The zero-order valence-electron chi connectivity index (χ0n) is 83.0. The highest BCUT2D eigenvalue weighted by atomic mass is 16.5. The van der Waals surface area contributed by atoms with E-state index in [1.54, 1.807) is 67.7 Å². The molecule has 0 spiro atoms. The molecule has 12 atom stereocenters. The number of nitrogens with zero attached hydrogens (tertiary/aromatic N) is 5. The summed E-state index contributed by atoms with van der Waals surface area (Å²) in [4.78, 5) is 257. The van der Waals surface area contributed by atoms with E-state index in [4.69, 9.17) is 32.1 Å². The molecule has 5 aromatic rings. The number of carbonyl (C=O) groups excluding carboxylic acids is 16. The predicted molar refractivity (Wildman–Crippen MR) is 531 cm³/mol. The van der Waals surface area contributed by atoms with Gasteiger partial charge in [-0.2, -0.15) is 0 Å². The lowest BCUT2D eigenvalue weighted by Gasteiger charge is -2.31. The first-order valence-electron chi connectivity index (χ1n) is 50.1. The number of hydrogen-bond acceptors (Lipinski definition) is 28. The number of primary amides is 2. The van der Waals surface area contributed by atoms with E-state index in [2.05, 4.69) is 100 Å². The lowest BCUT2D eigenvalue weighted by molar-refractivity contribution is -0.144. The summed E-state index contributed by atoms with van der Waals surface area (Å²) in [7, 11) is 0. The molecule has 0 aliphatic carbocycles. The van der Waals surface area contributed by atoms with Gasteiger partial charge in [0.2, 0.25) is 94.5 Å². The molecular formula is C97H145N25O25. The van der Waals surface area contributed by atoms with Crippen molar-refractivity contribution in [3.05, 3.63) is 108 Å². The first-order chi connectivity index (χ1) is 70.6. The van der Waals surface area contributed by atoms with Crippen molar-refractivity contribution in [1.82, 2.24) is 110 Å². The first-order valence-corrected chi connectivity index (χ1v) is 50.1. The number of aliphatic hydroxyl groups is 2. The standard InChI is InChI=1S/C97H145N25O25/c1-2-3-28-68(87(136)112-71-39-41-81(128)102-42-23-22-30-67(86(99)135)108-92(141)74(50-62-52-105-66-29-21-20-27-65(62)66)114-88(137)69(31-24-43-104-97(100)101)109-90(139)73(48-60-25-16-15-17-26-60)115-95(144)77-51-64(125)54-122(77)96(71)145)110-93(142)75(55-121(56-84(131)132)57-85(133)134)116-91(140)72(49-61-34-36-63(124)37-35-61)113-89(138)70(38-40-78(98)126)111-94(143)76(58-123)107-82(129)53-106-83(130)59-147-47-46-146-45-44-103-80(127)33-19-14-12-10-8-6-4-5-7-9-11-13-18-32-79-117-119-120-118-79/h15-17,20-21,25-27,29,34-37,52,64,67-77,105,123-125H,2-14,18-19,22-24,28,30-33,38-51,53-59H2,1H3,(H2,98,126)(H2,99,135)(H,102,128)(H,103,127)(H,106,130)(H,107,129)(H,108,141)(H,109,139)(H,110,142)(H,111,143)(H,112,136)(H,113,138)(H,114,137)(H,115,144)(H,116,140)(H,131,132)(H,133,134)(H4,100,101,104)(H,117,118,119,120)/t64-,67+,68+,69+,70+,71+,72+,73-,74+,75+,76+,77+/m1/s1. The van der Waals surface area contributed by atoms with E-state index < -0.39 is 264 Å². The summed E-state index contributed by atoms with van der Waals surface area (Å²) < 4.78 is 10.8. The van der Waals surface area contributed by atoms with Crippen molar-refractivity contribution in [1.29, 1.82) is 5.41 Å². The molecule has 2 fully saturated rings. The molecule has 2 saturated heterocycles. The van der Waals surface area contributed by atoms with Gasteiger partial charge in [0.25, 0.3) is 0 Å². The molecule has 2 aliphatic rings. The Hall–Kier alpha value is -14.4. The van der Waals surface area contributed by atoms with Crippen LogP contribution in [0.25, 0.3) is 10.9 Å². The van der Waals surface area contributed by atoms with Gasteiger partial charge in [0, 0.05) is 101 Å². The zero-order valence-corrected chi connectivity index (χ0v) is 83.0. The second-order valence-corrected chi connectivity index (χ2v) is 36.5. The van der Waals surface area contributed by atoms with Crippen molar-refractivity contribution in [2.24, 2.45) is 17.2 Å². The maximum absolute atomic E-state index is 15.5. The molecule has 0 radical (unpaired) electrons. The van der Waals surface area contributed by atoms with Crippen molar-refractivity contribution >= 4 is 123 Å². The monoisotopic (exact) mass is 2060 g/mol. The number of carboxylic acid groups (broad SMARTS) is 2. The number of benzene rings is 3. The Bertz CT molecular complexity index is 5080. The van der Waals surface area contributed by atoms with Gasteiger partial charge in [-0.05, 0) is 110 Å². The molecule has 16 amide bonds. The highest BCUT2D eigenvalue weighted by Crippen LogP contribution is 2.25. The number of guanidine groups is 1. The van der Waals surface area contributed by atoms with E-state index in [1.807, 2.05) is 0 Å². The van der Waals surface area contributed by atoms with Gasteiger partial charge in [-0.15, -0.1) is 5.10 Å². The molecule has 50 nitrogen and oxygen atoms in total. The molecule has 50 heteroatoms. The Kier molecular flexibility index (Phi) is 53.6. The summed E-state index contributed by atoms with van der Waals surface area (Å²) in [6, 6.07) is 1.47. The molecule has 3 aromatic carbocycles. The average Bonchev–Trinajstić information content (AvgIpc) is 1.68. The summed E-state index contributed by atoms with van der Waals surface area (Å²) >= 11 is 0. The molecule has 0 bridgehead atoms. The number of aromatic hydroxyl groups is 1. The van der Waals surface area contributed by atoms with Crippen LogP contribution in [0, 0.1) is 5.41 Å². The Balaban J connectivity index is 1.03. The summed E-state index contributed by atoms with van der Waals surface area (Å²) in [5, 5.41) is 110. The molecule has 0 unspecified atom stereocenters. The number of aryl methyl sites for hydroxylation is 1. The summed E-state index contributed by atoms with van der Waals surface area (Å²) in [6.07, 6.45) is 12.5. The van der Waals surface area contributed by atoms with Gasteiger partial charge in [-0.1, -0.05) is 151 Å². The highest BCUT2D eigenvalue weighted by Gasteiger charge is 2.45. The molecular weight excluding hydrogens is 1920 g/mol. The van der Waals surface area contributed by atoms with Crippen LogP contribution in [0.4, 0.5) is 0 Å². The van der Waals surface area contributed by atoms with Crippen LogP contribution < -0.4 is 91.6 Å². The van der Waals surface area contributed by atoms with Gasteiger partial charge < -0.3 is 137 Å². The highest BCUT2D eigenvalue weighted by molar-refractivity contribution is 6.01. The lowest BCUT2D eigenvalue weighted by atomic mass is 10.0. The van der Waals surface area contributed by atoms with Crippen LogP contribution in [0.3, 0.4) is 0 Å². The molecule has 2 aromatic heterocycles. The van der Waals surface area contributed by atoms with Gasteiger partial charge in [-0.25, -0.2) is 5.10 Å². The van der Waals surface area contributed by atoms with Crippen LogP contribution in [0.15, 0.2) is 85.1 Å². The number of nitrogens with two attached hydrogens (primary N) is 3. The number of tetrazole rings is 1. The van der Waals surface area contributed by atoms with Gasteiger partial charge in [0.1, 0.15) is 84.6 Å². The van der Waals surface area contributed by atoms with Crippen LogP contribution in [-0.2, 0) is 121 Å². The van der Waals surface area contributed by atoms with Gasteiger partial charge in [0.15, 0.2) is 5.96 Å². The van der Waals surface area contributed by atoms with Crippen molar-refractivity contribution in [3.63, 3.8) is 0 Å². The molecule has 147 heavy (non-hydrogen) atoms. The normalized spacial score (nSPS) is 18.2.